The Hall–Kier alpha value is -1.58. The highest BCUT2D eigenvalue weighted by atomic mass is 16.3. The van der Waals surface area contributed by atoms with Crippen LogP contribution >= 0.6 is 0 Å². The first-order chi connectivity index (χ1) is 8.15. The van der Waals surface area contributed by atoms with E-state index in [2.05, 4.69) is 17.2 Å². The van der Waals surface area contributed by atoms with Gasteiger partial charge in [0.25, 0.3) is 5.91 Å². The lowest BCUT2D eigenvalue weighted by Crippen LogP contribution is -2.37. The second-order valence-electron chi connectivity index (χ2n) is 4.87. The maximum absolute atomic E-state index is 11.9. The van der Waals surface area contributed by atoms with Gasteiger partial charge in [-0.05, 0) is 24.8 Å². The third-order valence-electron chi connectivity index (χ3n) is 3.26. The van der Waals surface area contributed by atoms with E-state index in [0.717, 1.165) is 12.8 Å². The second kappa shape index (κ2) is 5.17. The molecule has 2 rings (SSSR count). The molecule has 1 saturated carbocycles. The Labute approximate surface area is 101 Å². The number of carbonyl (C=O) groups excluding carboxylic acids is 1. The zero-order valence-electron chi connectivity index (χ0n) is 10.0. The smallest absolute Gasteiger partial charge is 0.253 e. The van der Waals surface area contributed by atoms with E-state index in [1.165, 1.54) is 31.3 Å². The van der Waals surface area contributed by atoms with E-state index < -0.39 is 0 Å². The van der Waals surface area contributed by atoms with Crippen LogP contribution in [0.25, 0.3) is 0 Å². The fourth-order valence-corrected chi connectivity index (χ4v) is 2.39. The van der Waals surface area contributed by atoms with Gasteiger partial charge in [0, 0.05) is 12.2 Å². The minimum atomic E-state index is -0.146. The number of aromatic hydroxyl groups is 1. The van der Waals surface area contributed by atoms with E-state index in [4.69, 9.17) is 0 Å². The number of nitrogens with one attached hydrogen (secondary N) is 1. The summed E-state index contributed by atoms with van der Waals surface area (Å²) in [6, 6.07) is 1.70. The molecule has 0 spiro atoms. The van der Waals surface area contributed by atoms with Gasteiger partial charge in [0.05, 0.1) is 11.8 Å². The third kappa shape index (κ3) is 3.19. The van der Waals surface area contributed by atoms with Crippen LogP contribution in [-0.4, -0.2) is 22.0 Å². The van der Waals surface area contributed by atoms with Crippen molar-refractivity contribution in [2.75, 3.05) is 0 Å². The summed E-state index contributed by atoms with van der Waals surface area (Å²) in [6.45, 7) is 2.22. The van der Waals surface area contributed by atoms with Crippen molar-refractivity contribution in [1.82, 2.24) is 10.3 Å². The first-order valence-corrected chi connectivity index (χ1v) is 6.10. The summed E-state index contributed by atoms with van der Waals surface area (Å²) in [5, 5.41) is 12.3. The lowest BCUT2D eigenvalue weighted by Gasteiger charge is -2.27. The molecular formula is C13H18N2O2. The summed E-state index contributed by atoms with van der Waals surface area (Å²) in [7, 11) is 0. The molecule has 92 valence electrons. The van der Waals surface area contributed by atoms with Gasteiger partial charge in [0.2, 0.25) is 0 Å². The summed E-state index contributed by atoms with van der Waals surface area (Å²) in [5.41, 5.74) is 0.420. The van der Waals surface area contributed by atoms with Crippen LogP contribution in [0.5, 0.6) is 5.75 Å². The number of amides is 1. The molecule has 4 nitrogen and oxygen atoms in total. The van der Waals surface area contributed by atoms with Crippen molar-refractivity contribution in [2.24, 2.45) is 5.92 Å². The number of nitrogens with zero attached hydrogens (tertiary/aromatic N) is 1. The van der Waals surface area contributed by atoms with Gasteiger partial charge in [-0.25, -0.2) is 0 Å². The summed E-state index contributed by atoms with van der Waals surface area (Å²) >= 11 is 0. The first kappa shape index (κ1) is 11.9. The molecule has 0 aliphatic heterocycles. The Balaban J connectivity index is 1.97. The summed E-state index contributed by atoms with van der Waals surface area (Å²) < 4.78 is 0. The molecule has 2 unspecified atom stereocenters. The highest BCUT2D eigenvalue weighted by Gasteiger charge is 2.21. The molecule has 1 aromatic rings. The van der Waals surface area contributed by atoms with Crippen LogP contribution in [0.1, 0.15) is 43.0 Å². The summed E-state index contributed by atoms with van der Waals surface area (Å²) in [6.07, 6.45) is 7.30. The van der Waals surface area contributed by atoms with Gasteiger partial charge in [-0.15, -0.1) is 0 Å². The number of carbonyl (C=O) groups is 1. The minimum absolute atomic E-state index is 0.0228. The molecule has 0 radical (unpaired) electrons. The monoisotopic (exact) mass is 234 g/mol. The lowest BCUT2D eigenvalue weighted by molar-refractivity contribution is 0.0920. The molecule has 4 heteroatoms. The van der Waals surface area contributed by atoms with Crippen molar-refractivity contribution in [3.05, 3.63) is 24.0 Å². The quantitative estimate of drug-likeness (QED) is 0.823. The number of hydrogen-bond donors (Lipinski definition) is 2. The fraction of sp³-hybridized carbons (Fsp3) is 0.538. The Morgan fingerprint density at radius 1 is 1.47 bits per heavy atom. The van der Waals surface area contributed by atoms with Crippen LogP contribution in [0.3, 0.4) is 0 Å². The van der Waals surface area contributed by atoms with Gasteiger partial charge >= 0.3 is 0 Å². The van der Waals surface area contributed by atoms with Crippen LogP contribution < -0.4 is 5.32 Å². The molecule has 2 N–H and O–H groups in total. The summed E-state index contributed by atoms with van der Waals surface area (Å²) in [4.78, 5) is 15.7. The molecule has 1 amide bonds. The predicted molar refractivity (Wildman–Crippen MR) is 64.8 cm³/mol. The Morgan fingerprint density at radius 2 is 2.29 bits per heavy atom. The predicted octanol–water partition coefficient (Wildman–Crippen LogP) is 2.10. The molecule has 2 atom stereocenters. The van der Waals surface area contributed by atoms with Gasteiger partial charge < -0.3 is 10.4 Å². The van der Waals surface area contributed by atoms with Crippen molar-refractivity contribution < 1.29 is 9.90 Å². The van der Waals surface area contributed by atoms with Crippen molar-refractivity contribution >= 4 is 5.91 Å². The van der Waals surface area contributed by atoms with Crippen LogP contribution in [0.4, 0.5) is 0 Å². The standard InChI is InChI=1S/C13H18N2O2/c1-9-3-2-4-11(5-9)15-13(17)10-6-12(16)8-14-7-10/h6-9,11,16H,2-5H2,1H3,(H,15,17). The normalized spacial score (nSPS) is 24.3. The second-order valence-corrected chi connectivity index (χ2v) is 4.87. The van der Waals surface area contributed by atoms with Crippen LogP contribution in [-0.2, 0) is 0 Å². The minimum Gasteiger partial charge on any atom is -0.506 e. The highest BCUT2D eigenvalue weighted by molar-refractivity contribution is 5.94. The largest absolute Gasteiger partial charge is 0.506 e. The topological polar surface area (TPSA) is 62.2 Å². The molecule has 1 aliphatic rings. The van der Waals surface area contributed by atoms with E-state index in [-0.39, 0.29) is 17.7 Å². The van der Waals surface area contributed by atoms with Crippen LogP contribution in [0.2, 0.25) is 0 Å². The highest BCUT2D eigenvalue weighted by Crippen LogP contribution is 2.23. The molecule has 1 aliphatic carbocycles. The number of hydrogen-bond acceptors (Lipinski definition) is 3. The Morgan fingerprint density at radius 3 is 3.00 bits per heavy atom. The van der Waals surface area contributed by atoms with Gasteiger partial charge in [0.15, 0.2) is 0 Å². The van der Waals surface area contributed by atoms with Crippen LogP contribution in [0, 0.1) is 5.92 Å². The molecule has 1 heterocycles. The third-order valence-corrected chi connectivity index (χ3v) is 3.26. The maximum atomic E-state index is 11.9. The Bertz CT molecular complexity index is 406. The van der Waals surface area contributed by atoms with Gasteiger partial charge in [-0.3, -0.25) is 9.78 Å². The van der Waals surface area contributed by atoms with Crippen molar-refractivity contribution in [1.29, 1.82) is 0 Å². The van der Waals surface area contributed by atoms with Crippen molar-refractivity contribution in [3.63, 3.8) is 0 Å². The van der Waals surface area contributed by atoms with Crippen molar-refractivity contribution in [3.8, 4) is 5.75 Å². The molecule has 0 bridgehead atoms. The number of aromatic nitrogens is 1. The van der Waals surface area contributed by atoms with Gasteiger partial charge in [0.1, 0.15) is 5.75 Å². The van der Waals surface area contributed by atoms with Crippen LogP contribution in [0.15, 0.2) is 18.5 Å². The van der Waals surface area contributed by atoms with Gasteiger partial charge in [-0.2, -0.15) is 0 Å². The first-order valence-electron chi connectivity index (χ1n) is 6.10. The molecule has 1 aromatic heterocycles. The van der Waals surface area contributed by atoms with Crippen molar-refractivity contribution in [2.45, 2.75) is 38.6 Å². The molecule has 0 aromatic carbocycles. The van der Waals surface area contributed by atoms with E-state index in [1.807, 2.05) is 0 Å². The zero-order valence-corrected chi connectivity index (χ0v) is 10.0. The molecular weight excluding hydrogens is 216 g/mol. The number of rotatable bonds is 2. The van der Waals surface area contributed by atoms with E-state index >= 15 is 0 Å². The fourth-order valence-electron chi connectivity index (χ4n) is 2.39. The zero-order chi connectivity index (χ0) is 12.3. The maximum Gasteiger partial charge on any atom is 0.253 e. The summed E-state index contributed by atoms with van der Waals surface area (Å²) in [5.74, 6) is 0.554. The molecule has 0 saturated heterocycles. The van der Waals surface area contributed by atoms with E-state index in [0.29, 0.717) is 11.5 Å². The number of pyridine rings is 1. The average molecular weight is 234 g/mol. The Kier molecular flexibility index (Phi) is 3.61. The SMILES string of the molecule is CC1CCCC(NC(=O)c2cncc(O)c2)C1. The van der Waals surface area contributed by atoms with Gasteiger partial charge in [-0.1, -0.05) is 19.8 Å². The lowest BCUT2D eigenvalue weighted by atomic mass is 9.87. The molecule has 1 fully saturated rings. The molecule has 17 heavy (non-hydrogen) atoms. The average Bonchev–Trinajstić information content (AvgIpc) is 2.29. The van der Waals surface area contributed by atoms with E-state index in [9.17, 15) is 9.90 Å². The van der Waals surface area contributed by atoms with E-state index in [1.54, 1.807) is 0 Å².